The molecular weight excluding hydrogens is 321 g/mol. The Morgan fingerprint density at radius 3 is 2.58 bits per heavy atom. The SMILES string of the molecule is O=C(NCC(N1CCNCC1)C(F)(F)F)C1CC2CCCCC2N1. The lowest BCUT2D eigenvalue weighted by molar-refractivity contribution is -0.184. The number of fused-ring (bicyclic) bond motifs is 1. The molecule has 0 bridgehead atoms. The molecule has 0 aromatic rings. The van der Waals surface area contributed by atoms with Crippen LogP contribution in [0.3, 0.4) is 0 Å². The van der Waals surface area contributed by atoms with Crippen LogP contribution in [0.5, 0.6) is 0 Å². The molecule has 3 N–H and O–H groups in total. The number of rotatable bonds is 4. The third-order valence-electron chi connectivity index (χ3n) is 5.62. The second kappa shape index (κ2) is 7.58. The Bertz CT molecular complexity index is 426. The van der Waals surface area contributed by atoms with Crippen molar-refractivity contribution < 1.29 is 18.0 Å². The summed E-state index contributed by atoms with van der Waals surface area (Å²) < 4.78 is 40.0. The third kappa shape index (κ3) is 4.21. The highest BCUT2D eigenvalue weighted by molar-refractivity contribution is 5.82. The van der Waals surface area contributed by atoms with Crippen molar-refractivity contribution in [2.45, 2.75) is 56.4 Å². The lowest BCUT2D eigenvalue weighted by Gasteiger charge is -2.36. The highest BCUT2D eigenvalue weighted by Crippen LogP contribution is 2.33. The fourth-order valence-corrected chi connectivity index (χ4v) is 4.29. The summed E-state index contributed by atoms with van der Waals surface area (Å²) in [5.74, 6) is 0.217. The summed E-state index contributed by atoms with van der Waals surface area (Å²) >= 11 is 0. The summed E-state index contributed by atoms with van der Waals surface area (Å²) in [6.45, 7) is 1.44. The number of alkyl halides is 3. The molecule has 8 heteroatoms. The van der Waals surface area contributed by atoms with Gasteiger partial charge >= 0.3 is 6.18 Å². The summed E-state index contributed by atoms with van der Waals surface area (Å²) in [6, 6.07) is -1.58. The van der Waals surface area contributed by atoms with Gasteiger partial charge in [-0.25, -0.2) is 0 Å². The van der Waals surface area contributed by atoms with E-state index in [4.69, 9.17) is 0 Å². The normalized spacial score (nSPS) is 33.0. The topological polar surface area (TPSA) is 56.4 Å². The number of piperazine rings is 1. The highest BCUT2D eigenvalue weighted by Gasteiger charge is 2.44. The first-order valence-corrected chi connectivity index (χ1v) is 9.00. The van der Waals surface area contributed by atoms with Gasteiger partial charge in [0.2, 0.25) is 5.91 Å². The number of amides is 1. The van der Waals surface area contributed by atoms with E-state index in [1.165, 1.54) is 17.7 Å². The van der Waals surface area contributed by atoms with E-state index in [0.29, 0.717) is 38.1 Å². The Balaban J connectivity index is 1.53. The minimum atomic E-state index is -4.33. The van der Waals surface area contributed by atoms with E-state index in [0.717, 1.165) is 19.3 Å². The molecule has 1 aliphatic carbocycles. The molecule has 0 spiro atoms. The number of nitrogens with one attached hydrogen (secondary N) is 3. The van der Waals surface area contributed by atoms with E-state index < -0.39 is 12.2 Å². The predicted octanol–water partition coefficient (Wildman–Crippen LogP) is 0.859. The first-order valence-electron chi connectivity index (χ1n) is 9.00. The molecule has 4 unspecified atom stereocenters. The van der Waals surface area contributed by atoms with Crippen LogP contribution < -0.4 is 16.0 Å². The van der Waals surface area contributed by atoms with Crippen molar-refractivity contribution in [3.8, 4) is 0 Å². The Labute approximate surface area is 140 Å². The molecule has 24 heavy (non-hydrogen) atoms. The second-order valence-electron chi connectivity index (χ2n) is 7.19. The number of hydrogen-bond acceptors (Lipinski definition) is 4. The van der Waals surface area contributed by atoms with Crippen molar-refractivity contribution in [1.82, 2.24) is 20.9 Å². The van der Waals surface area contributed by atoms with Gasteiger partial charge in [-0.1, -0.05) is 12.8 Å². The van der Waals surface area contributed by atoms with Gasteiger partial charge in [0, 0.05) is 38.8 Å². The number of halogens is 3. The molecule has 4 atom stereocenters. The van der Waals surface area contributed by atoms with Crippen LogP contribution >= 0.6 is 0 Å². The first kappa shape index (κ1) is 17.9. The van der Waals surface area contributed by atoms with Gasteiger partial charge in [0.05, 0.1) is 6.04 Å². The van der Waals surface area contributed by atoms with Crippen LogP contribution in [0.25, 0.3) is 0 Å². The zero-order chi connectivity index (χ0) is 17.2. The van der Waals surface area contributed by atoms with Gasteiger partial charge in [-0.05, 0) is 25.2 Å². The quantitative estimate of drug-likeness (QED) is 0.705. The zero-order valence-corrected chi connectivity index (χ0v) is 13.9. The molecular formula is C16H27F3N4O. The average Bonchev–Trinajstić information content (AvgIpc) is 2.99. The van der Waals surface area contributed by atoms with E-state index in [1.54, 1.807) is 0 Å². The van der Waals surface area contributed by atoms with E-state index in [9.17, 15) is 18.0 Å². The molecule has 3 aliphatic rings. The van der Waals surface area contributed by atoms with Gasteiger partial charge in [-0.2, -0.15) is 13.2 Å². The van der Waals surface area contributed by atoms with Crippen LogP contribution in [0.15, 0.2) is 0 Å². The van der Waals surface area contributed by atoms with Crippen LogP contribution in [0.1, 0.15) is 32.1 Å². The smallest absolute Gasteiger partial charge is 0.353 e. The fourth-order valence-electron chi connectivity index (χ4n) is 4.29. The van der Waals surface area contributed by atoms with Crippen LogP contribution in [0.2, 0.25) is 0 Å². The lowest BCUT2D eigenvalue weighted by atomic mass is 9.85. The van der Waals surface area contributed by atoms with Gasteiger partial charge in [-0.15, -0.1) is 0 Å². The highest BCUT2D eigenvalue weighted by atomic mass is 19.4. The van der Waals surface area contributed by atoms with Gasteiger partial charge in [0.15, 0.2) is 0 Å². The van der Waals surface area contributed by atoms with Gasteiger partial charge in [0.25, 0.3) is 0 Å². The van der Waals surface area contributed by atoms with Crippen molar-refractivity contribution in [2.75, 3.05) is 32.7 Å². The zero-order valence-electron chi connectivity index (χ0n) is 13.9. The van der Waals surface area contributed by atoms with Gasteiger partial charge in [0.1, 0.15) is 6.04 Å². The van der Waals surface area contributed by atoms with Gasteiger partial charge < -0.3 is 16.0 Å². The fraction of sp³-hybridized carbons (Fsp3) is 0.938. The maximum atomic E-state index is 13.3. The van der Waals surface area contributed by atoms with E-state index in [-0.39, 0.29) is 18.5 Å². The molecule has 1 amide bonds. The Hall–Kier alpha value is -0.860. The minimum absolute atomic E-state index is 0.284. The van der Waals surface area contributed by atoms with Crippen LogP contribution in [0.4, 0.5) is 13.2 Å². The molecule has 1 saturated carbocycles. The molecule has 0 radical (unpaired) electrons. The standard InChI is InChI=1S/C16H27F3N4O/c17-16(18,19)14(23-7-5-20-6-8-23)10-21-15(24)13-9-11-3-1-2-4-12(11)22-13/h11-14,20,22H,1-10H2,(H,21,24). The number of carbonyl (C=O) groups is 1. The molecule has 5 nitrogen and oxygen atoms in total. The monoisotopic (exact) mass is 348 g/mol. The molecule has 3 rings (SSSR count). The summed E-state index contributed by atoms with van der Waals surface area (Å²) in [4.78, 5) is 13.7. The predicted molar refractivity (Wildman–Crippen MR) is 84.6 cm³/mol. The number of carbonyl (C=O) groups excluding carboxylic acids is 1. The van der Waals surface area contributed by atoms with Crippen molar-refractivity contribution in [2.24, 2.45) is 5.92 Å². The number of hydrogen-bond donors (Lipinski definition) is 3. The minimum Gasteiger partial charge on any atom is -0.353 e. The van der Waals surface area contributed by atoms with Crippen molar-refractivity contribution in [1.29, 1.82) is 0 Å². The summed E-state index contributed by atoms with van der Waals surface area (Å²) in [5, 5.41) is 8.93. The van der Waals surface area contributed by atoms with Crippen molar-refractivity contribution >= 4 is 5.91 Å². The van der Waals surface area contributed by atoms with Crippen molar-refractivity contribution in [3.63, 3.8) is 0 Å². The summed E-state index contributed by atoms with van der Waals surface area (Å²) in [6.07, 6.45) is 0.967. The van der Waals surface area contributed by atoms with E-state index in [1.807, 2.05) is 0 Å². The maximum absolute atomic E-state index is 13.3. The Morgan fingerprint density at radius 1 is 1.21 bits per heavy atom. The molecule has 2 aliphatic heterocycles. The Morgan fingerprint density at radius 2 is 1.92 bits per heavy atom. The summed E-state index contributed by atoms with van der Waals surface area (Å²) in [5.41, 5.74) is 0. The van der Waals surface area contributed by atoms with Gasteiger partial charge in [-0.3, -0.25) is 9.69 Å². The van der Waals surface area contributed by atoms with E-state index >= 15 is 0 Å². The van der Waals surface area contributed by atoms with Crippen LogP contribution in [-0.4, -0.2) is 67.8 Å². The van der Waals surface area contributed by atoms with Crippen molar-refractivity contribution in [3.05, 3.63) is 0 Å². The molecule has 138 valence electrons. The number of nitrogens with zero attached hydrogens (tertiary/aromatic N) is 1. The molecule has 2 saturated heterocycles. The van der Waals surface area contributed by atoms with Crippen LogP contribution in [0, 0.1) is 5.92 Å². The summed E-state index contributed by atoms with van der Waals surface area (Å²) in [7, 11) is 0. The molecule has 3 fully saturated rings. The maximum Gasteiger partial charge on any atom is 0.405 e. The first-order chi connectivity index (χ1) is 11.4. The third-order valence-corrected chi connectivity index (χ3v) is 5.62. The van der Waals surface area contributed by atoms with E-state index in [2.05, 4.69) is 16.0 Å². The Kier molecular flexibility index (Phi) is 5.66. The molecule has 0 aromatic heterocycles. The largest absolute Gasteiger partial charge is 0.405 e. The second-order valence-corrected chi connectivity index (χ2v) is 7.19. The average molecular weight is 348 g/mol. The lowest BCUT2D eigenvalue weighted by Crippen LogP contribution is -2.58. The molecule has 0 aromatic carbocycles. The van der Waals surface area contributed by atoms with Crippen LogP contribution in [-0.2, 0) is 4.79 Å². The molecule has 2 heterocycles.